The van der Waals surface area contributed by atoms with Gasteiger partial charge in [-0.15, -0.1) is 0 Å². The van der Waals surface area contributed by atoms with E-state index in [1.807, 2.05) is 26.0 Å². The van der Waals surface area contributed by atoms with E-state index in [1.165, 1.54) is 6.07 Å². The normalized spacial score (nSPS) is 13.6. The van der Waals surface area contributed by atoms with Crippen molar-refractivity contribution < 1.29 is 9.47 Å². The topological polar surface area (TPSA) is 79.4 Å². The van der Waals surface area contributed by atoms with Crippen LogP contribution in [-0.4, -0.2) is 16.3 Å². The van der Waals surface area contributed by atoms with Gasteiger partial charge in [0, 0.05) is 28.6 Å². The van der Waals surface area contributed by atoms with Crippen LogP contribution < -0.4 is 16.0 Å². The van der Waals surface area contributed by atoms with E-state index in [9.17, 15) is 4.79 Å². The summed E-state index contributed by atoms with van der Waals surface area (Å²) in [4.78, 5) is 16.5. The number of nitrogens with zero attached hydrogens (tertiary/aromatic N) is 2. The zero-order chi connectivity index (χ0) is 15.0. The number of nitrogen functional groups attached to an aromatic ring is 1. The van der Waals surface area contributed by atoms with Crippen molar-refractivity contribution in [3.8, 4) is 5.75 Å². The van der Waals surface area contributed by atoms with Crippen molar-refractivity contribution in [2.75, 3.05) is 12.5 Å². The fraction of sp³-hybridized carbons (Fsp3) is 0.333. The molecule has 6 heteroatoms. The summed E-state index contributed by atoms with van der Waals surface area (Å²) in [6.45, 7) is 4.68. The smallest absolute Gasteiger partial charge is 0.254 e. The van der Waals surface area contributed by atoms with Crippen molar-refractivity contribution in [3.05, 3.63) is 51.2 Å². The Morgan fingerprint density at radius 1 is 1.33 bits per heavy atom. The molecule has 0 saturated heterocycles. The molecule has 0 fully saturated rings. The summed E-state index contributed by atoms with van der Waals surface area (Å²) >= 11 is 0. The van der Waals surface area contributed by atoms with Gasteiger partial charge >= 0.3 is 0 Å². The minimum atomic E-state index is -0.0803. The van der Waals surface area contributed by atoms with Crippen LogP contribution in [0.5, 0.6) is 5.75 Å². The molecule has 0 spiro atoms. The maximum Gasteiger partial charge on any atom is 0.254 e. The first-order chi connectivity index (χ1) is 10.0. The SMILES string of the molecule is Cc1cc(=O)n(Cc2cc(N)cc3c2OCOC3)c(C)n1. The Kier molecular flexibility index (Phi) is 3.39. The number of aromatic nitrogens is 2. The molecule has 0 atom stereocenters. The summed E-state index contributed by atoms with van der Waals surface area (Å²) in [6, 6.07) is 5.19. The molecule has 3 rings (SSSR count). The van der Waals surface area contributed by atoms with Crippen LogP contribution in [0.15, 0.2) is 23.0 Å². The largest absolute Gasteiger partial charge is 0.467 e. The van der Waals surface area contributed by atoms with Gasteiger partial charge in [0.15, 0.2) is 6.79 Å². The number of aryl methyl sites for hydroxylation is 2. The molecule has 2 N–H and O–H groups in total. The molecule has 0 radical (unpaired) electrons. The zero-order valence-corrected chi connectivity index (χ0v) is 12.0. The van der Waals surface area contributed by atoms with Crippen LogP contribution in [-0.2, 0) is 17.9 Å². The summed E-state index contributed by atoms with van der Waals surface area (Å²) < 4.78 is 12.4. The van der Waals surface area contributed by atoms with Gasteiger partial charge in [-0.05, 0) is 26.0 Å². The predicted octanol–water partition coefficient (Wildman–Crippen LogP) is 1.36. The molecule has 2 heterocycles. The third kappa shape index (κ3) is 2.62. The fourth-order valence-electron chi connectivity index (χ4n) is 2.57. The quantitative estimate of drug-likeness (QED) is 0.844. The van der Waals surface area contributed by atoms with Crippen LogP contribution in [0.25, 0.3) is 0 Å². The lowest BCUT2D eigenvalue weighted by Gasteiger charge is -2.22. The van der Waals surface area contributed by atoms with E-state index in [0.29, 0.717) is 30.4 Å². The van der Waals surface area contributed by atoms with Crippen molar-refractivity contribution >= 4 is 5.69 Å². The molecule has 1 aliphatic rings. The molecular weight excluding hydrogens is 270 g/mol. The number of rotatable bonds is 2. The van der Waals surface area contributed by atoms with Gasteiger partial charge in [-0.3, -0.25) is 9.36 Å². The lowest BCUT2D eigenvalue weighted by molar-refractivity contribution is -0.0170. The van der Waals surface area contributed by atoms with Crippen molar-refractivity contribution in [1.29, 1.82) is 0 Å². The van der Waals surface area contributed by atoms with Crippen LogP contribution >= 0.6 is 0 Å². The summed E-state index contributed by atoms with van der Waals surface area (Å²) in [6.07, 6.45) is 0. The van der Waals surface area contributed by atoms with Crippen LogP contribution in [0.1, 0.15) is 22.6 Å². The Balaban J connectivity index is 2.07. The molecule has 1 aromatic carbocycles. The maximum atomic E-state index is 12.1. The van der Waals surface area contributed by atoms with E-state index in [0.717, 1.165) is 16.9 Å². The van der Waals surface area contributed by atoms with E-state index < -0.39 is 0 Å². The lowest BCUT2D eigenvalue weighted by Crippen LogP contribution is -2.25. The van der Waals surface area contributed by atoms with E-state index >= 15 is 0 Å². The Morgan fingerprint density at radius 3 is 2.90 bits per heavy atom. The number of hydrogen-bond acceptors (Lipinski definition) is 5. The van der Waals surface area contributed by atoms with Crippen molar-refractivity contribution in [2.24, 2.45) is 0 Å². The average Bonchev–Trinajstić information content (AvgIpc) is 2.42. The van der Waals surface area contributed by atoms with E-state index in [2.05, 4.69) is 4.98 Å². The second-order valence-electron chi connectivity index (χ2n) is 5.15. The molecule has 0 aliphatic carbocycles. The molecule has 1 aliphatic heterocycles. The van der Waals surface area contributed by atoms with Gasteiger partial charge in [0.05, 0.1) is 13.2 Å². The molecule has 110 valence electrons. The standard InChI is InChI=1S/C15H17N3O3/c1-9-3-14(19)18(10(2)17-9)6-11-4-13(16)5-12-7-20-8-21-15(11)12/h3-5H,6-8,16H2,1-2H3. The Morgan fingerprint density at radius 2 is 2.14 bits per heavy atom. The number of ether oxygens (including phenoxy) is 2. The fourth-order valence-corrected chi connectivity index (χ4v) is 2.57. The zero-order valence-electron chi connectivity index (χ0n) is 12.0. The molecule has 2 aromatic rings. The Labute approximate surface area is 122 Å². The average molecular weight is 287 g/mol. The molecule has 0 bridgehead atoms. The minimum Gasteiger partial charge on any atom is -0.467 e. The van der Waals surface area contributed by atoms with Crippen LogP contribution in [0.4, 0.5) is 5.69 Å². The highest BCUT2D eigenvalue weighted by molar-refractivity contribution is 5.53. The maximum absolute atomic E-state index is 12.1. The van der Waals surface area contributed by atoms with Crippen LogP contribution in [0.2, 0.25) is 0 Å². The number of anilines is 1. The van der Waals surface area contributed by atoms with Gasteiger partial charge in [-0.1, -0.05) is 0 Å². The van der Waals surface area contributed by atoms with E-state index in [-0.39, 0.29) is 12.4 Å². The Hall–Kier alpha value is -2.34. The molecular formula is C15H17N3O3. The van der Waals surface area contributed by atoms with E-state index in [4.69, 9.17) is 15.2 Å². The number of benzene rings is 1. The monoisotopic (exact) mass is 287 g/mol. The van der Waals surface area contributed by atoms with Gasteiger partial charge in [0.2, 0.25) is 0 Å². The third-order valence-corrected chi connectivity index (χ3v) is 3.46. The van der Waals surface area contributed by atoms with Gasteiger partial charge in [-0.2, -0.15) is 0 Å². The first-order valence-corrected chi connectivity index (χ1v) is 6.71. The number of hydrogen-bond donors (Lipinski definition) is 1. The lowest BCUT2D eigenvalue weighted by atomic mass is 10.1. The highest BCUT2D eigenvalue weighted by Crippen LogP contribution is 2.31. The number of fused-ring (bicyclic) bond motifs is 1. The second-order valence-corrected chi connectivity index (χ2v) is 5.15. The van der Waals surface area contributed by atoms with Crippen molar-refractivity contribution in [1.82, 2.24) is 9.55 Å². The minimum absolute atomic E-state index is 0.0803. The van der Waals surface area contributed by atoms with Gasteiger partial charge in [0.25, 0.3) is 5.56 Å². The number of nitrogens with two attached hydrogens (primary N) is 1. The molecule has 0 unspecified atom stereocenters. The molecule has 21 heavy (non-hydrogen) atoms. The van der Waals surface area contributed by atoms with Crippen LogP contribution in [0, 0.1) is 13.8 Å². The summed E-state index contributed by atoms with van der Waals surface area (Å²) in [5.41, 5.74) is 8.96. The molecule has 0 saturated carbocycles. The summed E-state index contributed by atoms with van der Waals surface area (Å²) in [5, 5.41) is 0. The molecule has 6 nitrogen and oxygen atoms in total. The van der Waals surface area contributed by atoms with Gasteiger partial charge in [0.1, 0.15) is 11.6 Å². The van der Waals surface area contributed by atoms with Crippen LogP contribution in [0.3, 0.4) is 0 Å². The van der Waals surface area contributed by atoms with E-state index in [1.54, 1.807) is 4.57 Å². The second kappa shape index (κ2) is 5.21. The highest BCUT2D eigenvalue weighted by atomic mass is 16.7. The van der Waals surface area contributed by atoms with Gasteiger partial charge < -0.3 is 15.2 Å². The predicted molar refractivity (Wildman–Crippen MR) is 78.2 cm³/mol. The highest BCUT2D eigenvalue weighted by Gasteiger charge is 2.17. The van der Waals surface area contributed by atoms with Gasteiger partial charge in [-0.25, -0.2) is 4.98 Å². The summed E-state index contributed by atoms with van der Waals surface area (Å²) in [5.74, 6) is 1.42. The molecule has 1 aromatic heterocycles. The van der Waals surface area contributed by atoms with Crippen molar-refractivity contribution in [2.45, 2.75) is 27.0 Å². The molecule has 0 amide bonds. The third-order valence-electron chi connectivity index (χ3n) is 3.46. The Bertz CT molecular complexity index is 753. The van der Waals surface area contributed by atoms with Crippen molar-refractivity contribution in [3.63, 3.8) is 0 Å². The first-order valence-electron chi connectivity index (χ1n) is 6.71. The summed E-state index contributed by atoms with van der Waals surface area (Å²) in [7, 11) is 0. The first kappa shape index (κ1) is 13.6.